The second-order valence-corrected chi connectivity index (χ2v) is 7.40. The molecule has 3 N–H and O–H groups in total. The number of benzene rings is 1. The molecule has 0 amide bonds. The number of ether oxygens (including phenoxy) is 2. The van der Waals surface area contributed by atoms with Crippen molar-refractivity contribution in [3.63, 3.8) is 0 Å². The van der Waals surface area contributed by atoms with E-state index in [1.54, 1.807) is 19.5 Å². The lowest BCUT2D eigenvalue weighted by Crippen LogP contribution is -2.33. The van der Waals surface area contributed by atoms with E-state index in [1.807, 2.05) is 24.3 Å². The second kappa shape index (κ2) is 9.58. The van der Waals surface area contributed by atoms with Crippen LogP contribution in [0.5, 0.6) is 11.5 Å². The Balaban J connectivity index is 1.53. The van der Waals surface area contributed by atoms with E-state index in [0.29, 0.717) is 24.2 Å². The fraction of sp³-hybridized carbons (Fsp3) is 0.409. The summed E-state index contributed by atoms with van der Waals surface area (Å²) in [6.45, 7) is 4.81. The lowest BCUT2D eigenvalue weighted by atomic mass is 10.0. The van der Waals surface area contributed by atoms with Crippen LogP contribution in [0.25, 0.3) is 11.3 Å². The second-order valence-electron chi connectivity index (χ2n) is 7.40. The molecule has 0 saturated carbocycles. The van der Waals surface area contributed by atoms with Gasteiger partial charge < -0.3 is 20.1 Å². The van der Waals surface area contributed by atoms with Crippen molar-refractivity contribution in [1.82, 2.24) is 25.5 Å². The minimum atomic E-state index is 0.515. The van der Waals surface area contributed by atoms with Gasteiger partial charge in [-0.25, -0.2) is 4.98 Å². The molecule has 30 heavy (non-hydrogen) atoms. The topological polar surface area (TPSA) is 97.0 Å². The number of H-pyrrole nitrogens is 1. The van der Waals surface area contributed by atoms with Crippen LogP contribution in [0.1, 0.15) is 25.5 Å². The quantitative estimate of drug-likeness (QED) is 0.524. The van der Waals surface area contributed by atoms with Crippen LogP contribution in [0.2, 0.25) is 0 Å². The Bertz CT molecular complexity index is 951. The van der Waals surface area contributed by atoms with E-state index >= 15 is 0 Å². The number of piperidine rings is 1. The third kappa shape index (κ3) is 4.71. The van der Waals surface area contributed by atoms with Gasteiger partial charge in [-0.3, -0.25) is 10.1 Å². The Kier molecular flexibility index (Phi) is 6.44. The van der Waals surface area contributed by atoms with Crippen LogP contribution in [0.15, 0.2) is 36.7 Å². The summed E-state index contributed by atoms with van der Waals surface area (Å²) in [7, 11) is 1.66. The Morgan fingerprint density at radius 2 is 2.07 bits per heavy atom. The molecule has 1 aliphatic rings. The van der Waals surface area contributed by atoms with Gasteiger partial charge in [0, 0.05) is 18.5 Å². The van der Waals surface area contributed by atoms with Gasteiger partial charge in [0.05, 0.1) is 43.1 Å². The lowest BCUT2D eigenvalue weighted by molar-refractivity contribution is 0.218. The molecule has 1 aromatic carbocycles. The summed E-state index contributed by atoms with van der Waals surface area (Å²) >= 11 is 0. The molecule has 158 valence electrons. The number of rotatable bonds is 8. The molecule has 3 aromatic rings. The number of aryl methyl sites for hydroxylation is 1. The summed E-state index contributed by atoms with van der Waals surface area (Å²) in [4.78, 5) is 8.74. The molecule has 1 atom stereocenters. The maximum absolute atomic E-state index is 6.22. The van der Waals surface area contributed by atoms with Gasteiger partial charge in [0.2, 0.25) is 0 Å². The molecule has 3 heterocycles. The number of nitrogens with one attached hydrogen (secondary N) is 3. The fourth-order valence-corrected chi connectivity index (χ4v) is 3.59. The first kappa shape index (κ1) is 20.2. The Labute approximate surface area is 176 Å². The maximum atomic E-state index is 6.22. The molecule has 1 saturated heterocycles. The highest BCUT2D eigenvalue weighted by Crippen LogP contribution is 2.38. The molecule has 8 nitrogen and oxygen atoms in total. The zero-order valence-corrected chi connectivity index (χ0v) is 17.4. The summed E-state index contributed by atoms with van der Waals surface area (Å²) in [5.74, 6) is 3.32. The number of aromatic amines is 1. The highest BCUT2D eigenvalue weighted by molar-refractivity contribution is 5.76. The first-order valence-corrected chi connectivity index (χ1v) is 10.4. The predicted octanol–water partition coefficient (Wildman–Crippen LogP) is 3.56. The average molecular weight is 409 g/mol. The van der Waals surface area contributed by atoms with Gasteiger partial charge in [-0.15, -0.1) is 0 Å². The minimum Gasteiger partial charge on any atom is -0.496 e. The molecule has 0 spiro atoms. The summed E-state index contributed by atoms with van der Waals surface area (Å²) in [5, 5.41) is 14.1. The third-order valence-corrected chi connectivity index (χ3v) is 5.25. The van der Waals surface area contributed by atoms with Gasteiger partial charge in [-0.05, 0) is 37.9 Å². The van der Waals surface area contributed by atoms with E-state index in [-0.39, 0.29) is 0 Å². The number of nitrogens with zero attached hydrogens (tertiary/aromatic N) is 3. The van der Waals surface area contributed by atoms with Crippen molar-refractivity contribution >= 4 is 11.6 Å². The van der Waals surface area contributed by atoms with E-state index in [9.17, 15) is 0 Å². The largest absolute Gasteiger partial charge is 0.496 e. The first-order chi connectivity index (χ1) is 14.8. The Morgan fingerprint density at radius 3 is 2.80 bits per heavy atom. The van der Waals surface area contributed by atoms with Crippen LogP contribution in [0.4, 0.5) is 11.6 Å². The van der Waals surface area contributed by atoms with E-state index < -0.39 is 0 Å². The molecular weight excluding hydrogens is 380 g/mol. The average Bonchev–Trinajstić information content (AvgIpc) is 3.26. The minimum absolute atomic E-state index is 0.515. The Hall–Kier alpha value is -3.13. The molecule has 0 unspecified atom stereocenters. The zero-order chi connectivity index (χ0) is 20.8. The van der Waals surface area contributed by atoms with Gasteiger partial charge in [-0.2, -0.15) is 5.10 Å². The van der Waals surface area contributed by atoms with Gasteiger partial charge in [-0.1, -0.05) is 13.0 Å². The predicted molar refractivity (Wildman–Crippen MR) is 116 cm³/mol. The van der Waals surface area contributed by atoms with E-state index in [0.717, 1.165) is 48.0 Å². The van der Waals surface area contributed by atoms with Gasteiger partial charge in [0.15, 0.2) is 5.82 Å². The van der Waals surface area contributed by atoms with Crippen molar-refractivity contribution in [1.29, 1.82) is 0 Å². The van der Waals surface area contributed by atoms with Gasteiger partial charge >= 0.3 is 0 Å². The number of hydrogen-bond donors (Lipinski definition) is 3. The lowest BCUT2D eigenvalue weighted by Gasteiger charge is -2.23. The molecular formula is C22H28N6O2. The fourth-order valence-electron chi connectivity index (χ4n) is 3.59. The van der Waals surface area contributed by atoms with E-state index in [1.165, 1.54) is 12.8 Å². The molecule has 2 aromatic heterocycles. The van der Waals surface area contributed by atoms with E-state index in [2.05, 4.69) is 37.7 Å². The summed E-state index contributed by atoms with van der Waals surface area (Å²) in [5.41, 5.74) is 2.62. The SMILES string of the molecule is CCc1cnc(Nc2cc(-c3c(OC)cccc3OC[C@H]3CCCNC3)[nH]n2)cn1. The van der Waals surface area contributed by atoms with Crippen LogP contribution in [0.3, 0.4) is 0 Å². The van der Waals surface area contributed by atoms with E-state index in [4.69, 9.17) is 9.47 Å². The van der Waals surface area contributed by atoms with Crippen molar-refractivity contribution in [2.75, 3.05) is 32.1 Å². The maximum Gasteiger partial charge on any atom is 0.153 e. The van der Waals surface area contributed by atoms with Crippen LogP contribution < -0.4 is 20.1 Å². The summed E-state index contributed by atoms with van der Waals surface area (Å²) in [6, 6.07) is 7.75. The third-order valence-electron chi connectivity index (χ3n) is 5.25. The van der Waals surface area contributed by atoms with Gasteiger partial charge in [0.25, 0.3) is 0 Å². The number of anilines is 2. The van der Waals surface area contributed by atoms with Crippen molar-refractivity contribution < 1.29 is 9.47 Å². The van der Waals surface area contributed by atoms with Crippen LogP contribution in [-0.2, 0) is 6.42 Å². The monoisotopic (exact) mass is 408 g/mol. The van der Waals surface area contributed by atoms with Crippen molar-refractivity contribution in [3.05, 3.63) is 42.4 Å². The first-order valence-electron chi connectivity index (χ1n) is 10.4. The van der Waals surface area contributed by atoms with Crippen molar-refractivity contribution in [3.8, 4) is 22.8 Å². The zero-order valence-electron chi connectivity index (χ0n) is 17.4. The number of methoxy groups -OCH3 is 1. The number of hydrogen-bond acceptors (Lipinski definition) is 7. The van der Waals surface area contributed by atoms with Crippen LogP contribution in [0, 0.1) is 5.92 Å². The standard InChI is InChI=1S/C22H28N6O2/c1-3-16-12-25-21(13-24-16)26-20-10-17(27-28-20)22-18(29-2)7-4-8-19(22)30-14-15-6-5-9-23-11-15/h4,7-8,10,12-13,15,23H,3,5-6,9,11,14H2,1-2H3,(H2,25,26,27,28)/t15-/m0/s1. The van der Waals surface area contributed by atoms with Crippen LogP contribution in [-0.4, -0.2) is 47.0 Å². The highest BCUT2D eigenvalue weighted by atomic mass is 16.5. The molecule has 8 heteroatoms. The smallest absolute Gasteiger partial charge is 0.153 e. The van der Waals surface area contributed by atoms with Crippen molar-refractivity contribution in [2.24, 2.45) is 5.92 Å². The molecule has 0 aliphatic carbocycles. The Morgan fingerprint density at radius 1 is 1.17 bits per heavy atom. The molecule has 1 aliphatic heterocycles. The molecule has 0 bridgehead atoms. The normalized spacial score (nSPS) is 16.3. The number of aromatic nitrogens is 4. The molecule has 4 rings (SSSR count). The van der Waals surface area contributed by atoms with Gasteiger partial charge in [0.1, 0.15) is 17.3 Å². The summed E-state index contributed by atoms with van der Waals surface area (Å²) < 4.78 is 11.8. The van der Waals surface area contributed by atoms with Crippen LogP contribution >= 0.6 is 0 Å². The summed E-state index contributed by atoms with van der Waals surface area (Å²) in [6.07, 6.45) is 6.71. The molecule has 0 radical (unpaired) electrons. The highest BCUT2D eigenvalue weighted by Gasteiger charge is 2.18. The molecule has 1 fully saturated rings. The van der Waals surface area contributed by atoms with Crippen molar-refractivity contribution in [2.45, 2.75) is 26.2 Å².